The van der Waals surface area contributed by atoms with Gasteiger partial charge in [-0.25, -0.2) is 4.79 Å². The molecule has 4 rings (SSSR count). The highest BCUT2D eigenvalue weighted by molar-refractivity contribution is 5.93. The molecule has 1 aromatic carbocycles. The molecule has 0 spiro atoms. The number of aryl methyl sites for hydroxylation is 1. The molecule has 3 aromatic rings. The molecule has 1 aliphatic rings. The van der Waals surface area contributed by atoms with E-state index in [1.807, 2.05) is 31.2 Å². The fourth-order valence-corrected chi connectivity index (χ4v) is 3.12. The average Bonchev–Trinajstić information content (AvgIpc) is 3.43. The van der Waals surface area contributed by atoms with Crippen molar-refractivity contribution in [3.05, 3.63) is 60.1 Å². The summed E-state index contributed by atoms with van der Waals surface area (Å²) in [5.74, 6) is 0.280. The van der Waals surface area contributed by atoms with Gasteiger partial charge in [-0.05, 0) is 48.5 Å². The molecule has 0 bridgehead atoms. The number of carbonyl (C=O) groups excluding carboxylic acids is 1. The van der Waals surface area contributed by atoms with Crippen molar-refractivity contribution in [3.63, 3.8) is 0 Å². The molecule has 2 aromatic heterocycles. The van der Waals surface area contributed by atoms with Crippen molar-refractivity contribution in [3.8, 4) is 17.0 Å². The van der Waals surface area contributed by atoms with Crippen molar-refractivity contribution in [1.29, 1.82) is 5.41 Å². The van der Waals surface area contributed by atoms with Crippen LogP contribution in [0.2, 0.25) is 0 Å². The number of rotatable bonds is 6. The topological polar surface area (TPSA) is 189 Å². The molecular formula is C21H27N7O4. The van der Waals surface area contributed by atoms with Gasteiger partial charge in [0.2, 0.25) is 0 Å². The number of hydrogen-bond donors (Lipinski definition) is 4. The molecular weight excluding hydrogens is 414 g/mol. The van der Waals surface area contributed by atoms with Crippen LogP contribution in [0.4, 0.5) is 10.5 Å². The molecule has 3 heterocycles. The lowest BCUT2D eigenvalue weighted by Crippen LogP contribution is -2.27. The summed E-state index contributed by atoms with van der Waals surface area (Å²) in [5.41, 5.74) is 13.9. The van der Waals surface area contributed by atoms with Crippen LogP contribution in [-0.4, -0.2) is 48.4 Å². The first-order valence-corrected chi connectivity index (χ1v) is 9.52. The summed E-state index contributed by atoms with van der Waals surface area (Å²) in [6.45, 7) is 2.51. The van der Waals surface area contributed by atoms with E-state index in [0.717, 1.165) is 22.4 Å². The maximum Gasteiger partial charge on any atom is 0.414 e. The monoisotopic (exact) mass is 441 g/mol. The van der Waals surface area contributed by atoms with E-state index in [-0.39, 0.29) is 18.6 Å². The van der Waals surface area contributed by atoms with E-state index in [2.05, 4.69) is 15.9 Å². The van der Waals surface area contributed by atoms with E-state index in [1.54, 1.807) is 23.2 Å². The van der Waals surface area contributed by atoms with Crippen LogP contribution in [0.5, 0.6) is 5.88 Å². The van der Waals surface area contributed by atoms with Gasteiger partial charge in [0.05, 0.1) is 12.2 Å². The number of anilines is 1. The molecule has 32 heavy (non-hydrogen) atoms. The Morgan fingerprint density at radius 1 is 1.25 bits per heavy atom. The third-order valence-electron chi connectivity index (χ3n) is 4.57. The largest absolute Gasteiger partial charge is 0.471 e. The molecule has 0 radical (unpaired) electrons. The number of amides is 1. The van der Waals surface area contributed by atoms with Gasteiger partial charge in [-0.2, -0.15) is 0 Å². The van der Waals surface area contributed by atoms with E-state index < -0.39 is 12.2 Å². The zero-order chi connectivity index (χ0) is 22.4. The molecule has 0 saturated carbocycles. The lowest BCUT2D eigenvalue weighted by molar-refractivity contribution is 0.102. The number of nitrogens with zero attached hydrogens (tertiary/aromatic N) is 3. The Hall–Kier alpha value is -3.96. The maximum atomic E-state index is 12.3. The molecule has 1 fully saturated rings. The van der Waals surface area contributed by atoms with Gasteiger partial charge >= 0.3 is 6.09 Å². The van der Waals surface area contributed by atoms with Crippen molar-refractivity contribution in [1.82, 2.24) is 16.3 Å². The molecule has 1 unspecified atom stereocenters. The lowest BCUT2D eigenvalue weighted by Gasteiger charge is -2.17. The number of cyclic esters (lactones) is 1. The minimum atomic E-state index is -0.415. The van der Waals surface area contributed by atoms with Gasteiger partial charge in [-0.3, -0.25) is 15.3 Å². The molecule has 1 amide bonds. The van der Waals surface area contributed by atoms with Crippen molar-refractivity contribution in [2.24, 2.45) is 11.5 Å². The summed E-state index contributed by atoms with van der Waals surface area (Å²) < 4.78 is 15.6. The second-order valence-corrected chi connectivity index (χ2v) is 6.61. The van der Waals surface area contributed by atoms with Crippen molar-refractivity contribution >= 4 is 17.6 Å². The first-order chi connectivity index (χ1) is 15.0. The summed E-state index contributed by atoms with van der Waals surface area (Å²) in [6.07, 6.45) is 2.27. The average molecular weight is 441 g/mol. The number of nitrogens with one attached hydrogen (secondary N) is 1. The summed E-state index contributed by atoms with van der Waals surface area (Å²) in [4.78, 5) is 18.1. The SMILES string of the molecule is CN.Cc1cc(-c2ccc(C(=N)N)nc2)ccc1N1CC(COc2ccon2)OC1=O.N. The molecule has 8 N–H and O–H groups in total. The Morgan fingerprint density at radius 2 is 2.00 bits per heavy atom. The lowest BCUT2D eigenvalue weighted by atomic mass is 10.0. The summed E-state index contributed by atoms with van der Waals surface area (Å²) >= 11 is 0. The molecule has 11 heteroatoms. The fraction of sp³-hybridized carbons (Fsp3) is 0.238. The van der Waals surface area contributed by atoms with Crippen molar-refractivity contribution < 1.29 is 18.8 Å². The number of nitrogens with two attached hydrogens (primary N) is 2. The van der Waals surface area contributed by atoms with Crippen LogP contribution < -0.4 is 27.3 Å². The van der Waals surface area contributed by atoms with E-state index >= 15 is 0 Å². The van der Waals surface area contributed by atoms with E-state index in [0.29, 0.717) is 18.1 Å². The van der Waals surface area contributed by atoms with Crippen LogP contribution in [-0.2, 0) is 4.74 Å². The molecule has 1 saturated heterocycles. The second-order valence-electron chi connectivity index (χ2n) is 6.61. The zero-order valence-corrected chi connectivity index (χ0v) is 17.9. The number of pyridine rings is 1. The van der Waals surface area contributed by atoms with Gasteiger partial charge in [-0.1, -0.05) is 12.1 Å². The molecule has 11 nitrogen and oxygen atoms in total. The standard InChI is InChI=1S/C20H19N5O4.CH5N.H3N/c1-12-8-13(14-2-4-16(19(21)22)23-9-14)3-5-17(12)25-10-15(29-20(25)26)11-27-18-6-7-28-24-18;1-2;/h2-9,15H,10-11H2,1H3,(H3,21,22);2H2,1H3;1H3. The normalized spacial score (nSPS) is 14.7. The van der Waals surface area contributed by atoms with Crippen LogP contribution in [0.25, 0.3) is 11.1 Å². The highest BCUT2D eigenvalue weighted by Gasteiger charge is 2.33. The van der Waals surface area contributed by atoms with Gasteiger partial charge < -0.3 is 31.6 Å². The van der Waals surface area contributed by atoms with Crippen LogP contribution >= 0.6 is 0 Å². The van der Waals surface area contributed by atoms with Crippen LogP contribution in [0.3, 0.4) is 0 Å². The highest BCUT2D eigenvalue weighted by Crippen LogP contribution is 2.30. The van der Waals surface area contributed by atoms with Gasteiger partial charge in [-0.15, -0.1) is 0 Å². The Morgan fingerprint density at radius 3 is 2.59 bits per heavy atom. The van der Waals surface area contributed by atoms with Crippen LogP contribution in [0.15, 0.2) is 53.4 Å². The number of benzene rings is 1. The molecule has 0 aliphatic carbocycles. The predicted octanol–water partition coefficient (Wildman–Crippen LogP) is 2.47. The molecule has 170 valence electrons. The minimum Gasteiger partial charge on any atom is -0.471 e. The Balaban J connectivity index is 0.00000118. The van der Waals surface area contributed by atoms with Gasteiger partial charge in [0.15, 0.2) is 6.10 Å². The summed E-state index contributed by atoms with van der Waals surface area (Å²) in [6, 6.07) is 10.9. The van der Waals surface area contributed by atoms with Crippen molar-refractivity contribution in [2.45, 2.75) is 13.0 Å². The second kappa shape index (κ2) is 10.9. The number of aromatic nitrogens is 2. The van der Waals surface area contributed by atoms with Crippen molar-refractivity contribution in [2.75, 3.05) is 25.1 Å². The van der Waals surface area contributed by atoms with Crippen LogP contribution in [0.1, 0.15) is 11.3 Å². The number of nitrogen functional groups attached to an aromatic ring is 1. The van der Waals surface area contributed by atoms with E-state index in [4.69, 9.17) is 25.1 Å². The van der Waals surface area contributed by atoms with Gasteiger partial charge in [0, 0.05) is 17.8 Å². The zero-order valence-electron chi connectivity index (χ0n) is 17.9. The number of amidine groups is 1. The van der Waals surface area contributed by atoms with Gasteiger partial charge in [0.25, 0.3) is 5.88 Å². The van der Waals surface area contributed by atoms with E-state index in [1.165, 1.54) is 13.3 Å². The Labute approximate surface area is 185 Å². The van der Waals surface area contributed by atoms with Crippen LogP contribution in [0, 0.1) is 12.3 Å². The smallest absolute Gasteiger partial charge is 0.414 e. The Bertz CT molecular complexity index is 1040. The first-order valence-electron chi connectivity index (χ1n) is 9.52. The summed E-state index contributed by atoms with van der Waals surface area (Å²) in [5, 5.41) is 11.1. The molecule has 1 aliphatic heterocycles. The first kappa shape index (κ1) is 24.3. The quantitative estimate of drug-likeness (QED) is 0.329. The highest BCUT2D eigenvalue weighted by atomic mass is 16.6. The maximum absolute atomic E-state index is 12.3. The fourth-order valence-electron chi connectivity index (χ4n) is 3.12. The third-order valence-corrected chi connectivity index (χ3v) is 4.57. The number of ether oxygens (including phenoxy) is 2. The van der Waals surface area contributed by atoms with Gasteiger partial charge in [0.1, 0.15) is 24.4 Å². The summed E-state index contributed by atoms with van der Waals surface area (Å²) in [7, 11) is 1.50. The van der Waals surface area contributed by atoms with E-state index in [9.17, 15) is 4.79 Å². The predicted molar refractivity (Wildman–Crippen MR) is 120 cm³/mol. The third kappa shape index (κ3) is 5.39. The Kier molecular flexibility index (Phi) is 8.27. The minimum absolute atomic E-state index is 0. The molecule has 1 atom stereocenters. The number of carbonyl (C=O) groups is 1. The number of hydrogen-bond acceptors (Lipinski definition) is 9.